The second-order valence-corrected chi connectivity index (χ2v) is 8.20. The average molecular weight is 175 g/mol. The Morgan fingerprint density at radius 3 is 2.09 bits per heavy atom. The lowest BCUT2D eigenvalue weighted by Gasteiger charge is -2.18. The second-order valence-electron chi connectivity index (χ2n) is 3.69. The summed E-state index contributed by atoms with van der Waals surface area (Å²) in [5.74, 6) is 0.0347. The molecule has 0 aromatic rings. The van der Waals surface area contributed by atoms with Gasteiger partial charge in [0.1, 0.15) is 6.61 Å². The smallest absolute Gasteiger partial charge is 0.246 e. The summed E-state index contributed by atoms with van der Waals surface area (Å²) < 4.78 is 5.40. The molecule has 0 N–H and O–H groups in total. The first-order valence-corrected chi connectivity index (χ1v) is 7.08. The molecule has 0 aliphatic rings. The molecule has 11 heavy (non-hydrogen) atoms. The predicted octanol–water partition coefficient (Wildman–Crippen LogP) is 0.926. The Hall–Kier alpha value is -0.353. The highest BCUT2D eigenvalue weighted by Gasteiger charge is 2.16. The van der Waals surface area contributed by atoms with E-state index in [-0.39, 0.29) is 12.5 Å². The predicted molar refractivity (Wildman–Crippen MR) is 48.0 cm³/mol. The molecule has 3 nitrogen and oxygen atoms in total. The maximum absolute atomic E-state index is 11.0. The van der Waals surface area contributed by atoms with Crippen molar-refractivity contribution in [3.8, 4) is 0 Å². The molecule has 1 amide bonds. The van der Waals surface area contributed by atoms with Gasteiger partial charge in [0, 0.05) is 14.1 Å². The lowest BCUT2D eigenvalue weighted by molar-refractivity contribution is -0.131. The number of amides is 1. The zero-order valence-corrected chi connectivity index (χ0v) is 8.97. The van der Waals surface area contributed by atoms with Crippen LogP contribution < -0.4 is 0 Å². The van der Waals surface area contributed by atoms with E-state index >= 15 is 0 Å². The molecular weight excluding hydrogens is 158 g/mol. The Labute approximate surface area is 69.5 Å². The molecule has 0 saturated carbocycles. The first-order valence-electron chi connectivity index (χ1n) is 3.67. The first kappa shape index (κ1) is 10.6. The maximum Gasteiger partial charge on any atom is 0.246 e. The fraction of sp³-hybridized carbons (Fsp3) is 0.857. The second kappa shape index (κ2) is 3.87. The van der Waals surface area contributed by atoms with Crippen LogP contribution in [-0.2, 0) is 9.22 Å². The maximum atomic E-state index is 11.0. The summed E-state index contributed by atoms with van der Waals surface area (Å²) in [6, 6.07) is 0. The number of likely N-dealkylation sites (N-methyl/N-ethyl adjacent to an activating group) is 1. The largest absolute Gasteiger partial charge is 0.408 e. The van der Waals surface area contributed by atoms with Gasteiger partial charge in [0.2, 0.25) is 5.91 Å². The van der Waals surface area contributed by atoms with E-state index in [4.69, 9.17) is 4.43 Å². The summed E-state index contributed by atoms with van der Waals surface area (Å²) >= 11 is 0. The fourth-order valence-corrected chi connectivity index (χ4v) is 0.964. The Kier molecular flexibility index (Phi) is 3.75. The zero-order valence-electron chi connectivity index (χ0n) is 7.97. The van der Waals surface area contributed by atoms with Crippen molar-refractivity contribution in [2.45, 2.75) is 19.6 Å². The number of nitrogens with zero attached hydrogens (tertiary/aromatic N) is 1. The van der Waals surface area contributed by atoms with Crippen LogP contribution in [-0.4, -0.2) is 39.8 Å². The van der Waals surface area contributed by atoms with E-state index in [9.17, 15) is 4.79 Å². The van der Waals surface area contributed by atoms with Crippen LogP contribution in [0.1, 0.15) is 0 Å². The molecule has 4 heteroatoms. The molecule has 0 aromatic carbocycles. The molecule has 0 aromatic heterocycles. The molecule has 0 bridgehead atoms. The summed E-state index contributed by atoms with van der Waals surface area (Å²) in [6.07, 6.45) is 0. The lowest BCUT2D eigenvalue weighted by Crippen LogP contribution is -2.33. The molecule has 0 rings (SSSR count). The first-order chi connectivity index (χ1) is 4.83. The SMILES string of the molecule is CN(C)C(=O)CO[Si](C)(C)C. The van der Waals surface area contributed by atoms with E-state index in [0.29, 0.717) is 0 Å². The highest BCUT2D eigenvalue weighted by Crippen LogP contribution is 2.01. The van der Waals surface area contributed by atoms with Crippen LogP contribution in [0.4, 0.5) is 0 Å². The summed E-state index contributed by atoms with van der Waals surface area (Å²) in [5, 5.41) is 0. The van der Waals surface area contributed by atoms with Crippen LogP contribution in [0.15, 0.2) is 0 Å². The Bertz CT molecular complexity index is 140. The Balaban J connectivity index is 3.64. The van der Waals surface area contributed by atoms with E-state index in [2.05, 4.69) is 19.6 Å². The van der Waals surface area contributed by atoms with E-state index in [0.717, 1.165) is 0 Å². The van der Waals surface area contributed by atoms with Crippen molar-refractivity contribution in [1.82, 2.24) is 4.90 Å². The minimum absolute atomic E-state index is 0.0347. The van der Waals surface area contributed by atoms with Crippen LogP contribution in [0, 0.1) is 0 Å². The molecule has 66 valence electrons. The van der Waals surface area contributed by atoms with Crippen LogP contribution in [0.2, 0.25) is 19.6 Å². The van der Waals surface area contributed by atoms with Crippen molar-refractivity contribution in [1.29, 1.82) is 0 Å². The van der Waals surface area contributed by atoms with Gasteiger partial charge in [-0.1, -0.05) is 0 Å². The van der Waals surface area contributed by atoms with Gasteiger partial charge >= 0.3 is 0 Å². The van der Waals surface area contributed by atoms with Crippen molar-refractivity contribution >= 4 is 14.2 Å². The molecule has 0 aliphatic heterocycles. The third-order valence-corrected chi connectivity index (χ3v) is 2.14. The number of rotatable bonds is 3. The van der Waals surface area contributed by atoms with Crippen LogP contribution in [0.25, 0.3) is 0 Å². The monoisotopic (exact) mass is 175 g/mol. The fourth-order valence-electron chi connectivity index (χ4n) is 0.407. The van der Waals surface area contributed by atoms with E-state index in [1.807, 2.05) is 0 Å². The minimum atomic E-state index is -1.51. The minimum Gasteiger partial charge on any atom is -0.408 e. The molecule has 0 unspecified atom stereocenters. The molecule has 0 heterocycles. The van der Waals surface area contributed by atoms with Gasteiger partial charge in [-0.3, -0.25) is 4.79 Å². The highest BCUT2D eigenvalue weighted by molar-refractivity contribution is 6.69. The quantitative estimate of drug-likeness (QED) is 0.597. The van der Waals surface area contributed by atoms with Gasteiger partial charge in [-0.25, -0.2) is 0 Å². The molecule has 0 saturated heterocycles. The number of hydrogen-bond acceptors (Lipinski definition) is 2. The summed E-state index contributed by atoms with van der Waals surface area (Å²) in [4.78, 5) is 12.6. The number of hydrogen-bond donors (Lipinski definition) is 0. The topological polar surface area (TPSA) is 29.5 Å². The van der Waals surface area contributed by atoms with Crippen LogP contribution in [0.3, 0.4) is 0 Å². The van der Waals surface area contributed by atoms with Gasteiger partial charge in [0.25, 0.3) is 0 Å². The summed E-state index contributed by atoms with van der Waals surface area (Å²) in [7, 11) is 1.95. The lowest BCUT2D eigenvalue weighted by atomic mass is 10.6. The van der Waals surface area contributed by atoms with Crippen molar-refractivity contribution in [2.24, 2.45) is 0 Å². The molecule has 0 atom stereocenters. The van der Waals surface area contributed by atoms with E-state index in [1.165, 1.54) is 0 Å². The molecular formula is C7H17NO2Si. The summed E-state index contributed by atoms with van der Waals surface area (Å²) in [5.41, 5.74) is 0. The normalized spacial score (nSPS) is 11.4. The van der Waals surface area contributed by atoms with Gasteiger partial charge in [-0.2, -0.15) is 0 Å². The third kappa shape index (κ3) is 6.06. The van der Waals surface area contributed by atoms with Gasteiger partial charge in [0.15, 0.2) is 8.32 Å². The van der Waals surface area contributed by atoms with Crippen LogP contribution >= 0.6 is 0 Å². The number of carbonyl (C=O) groups excluding carboxylic acids is 1. The molecule has 0 radical (unpaired) electrons. The molecule has 0 spiro atoms. The Morgan fingerprint density at radius 2 is 1.82 bits per heavy atom. The van der Waals surface area contributed by atoms with Crippen molar-refractivity contribution in [3.63, 3.8) is 0 Å². The number of carbonyl (C=O) groups is 1. The van der Waals surface area contributed by atoms with Gasteiger partial charge in [0.05, 0.1) is 0 Å². The van der Waals surface area contributed by atoms with Gasteiger partial charge < -0.3 is 9.33 Å². The zero-order chi connectivity index (χ0) is 9.07. The van der Waals surface area contributed by atoms with Crippen molar-refractivity contribution in [2.75, 3.05) is 20.7 Å². The van der Waals surface area contributed by atoms with Crippen molar-refractivity contribution in [3.05, 3.63) is 0 Å². The summed E-state index contributed by atoms with van der Waals surface area (Å²) in [6.45, 7) is 6.42. The molecule has 0 aliphatic carbocycles. The van der Waals surface area contributed by atoms with Crippen molar-refractivity contribution < 1.29 is 9.22 Å². The third-order valence-electron chi connectivity index (χ3n) is 1.13. The van der Waals surface area contributed by atoms with Gasteiger partial charge in [-0.05, 0) is 19.6 Å². The Morgan fingerprint density at radius 1 is 1.36 bits per heavy atom. The standard InChI is InChI=1S/C7H17NO2Si/c1-8(2)7(9)6-10-11(3,4)5/h6H2,1-5H3. The molecule has 0 fully saturated rings. The highest BCUT2D eigenvalue weighted by atomic mass is 28.4. The van der Waals surface area contributed by atoms with Gasteiger partial charge in [-0.15, -0.1) is 0 Å². The van der Waals surface area contributed by atoms with Crippen LogP contribution in [0.5, 0.6) is 0 Å². The average Bonchev–Trinajstić information content (AvgIpc) is 1.80. The van der Waals surface area contributed by atoms with E-state index < -0.39 is 8.32 Å². The van der Waals surface area contributed by atoms with E-state index in [1.54, 1.807) is 19.0 Å².